The molecule has 0 spiro atoms. The predicted octanol–water partition coefficient (Wildman–Crippen LogP) is 1.13. The first kappa shape index (κ1) is 11.0. The van der Waals surface area contributed by atoms with Gasteiger partial charge in [0.25, 0.3) is 0 Å². The van der Waals surface area contributed by atoms with Crippen molar-refractivity contribution in [1.29, 1.82) is 0 Å². The molecule has 1 unspecified atom stereocenters. The number of nitrogens with one attached hydrogen (secondary N) is 1. The molecule has 0 heterocycles. The number of likely N-dealkylation sites (N-methyl/N-ethyl adjacent to an activating group) is 1. The molecular weight excluding hydrogens is 176 g/mol. The predicted molar refractivity (Wildman–Crippen MR) is 58.4 cm³/mol. The van der Waals surface area contributed by atoms with Crippen LogP contribution in [0.3, 0.4) is 0 Å². The summed E-state index contributed by atoms with van der Waals surface area (Å²) >= 11 is 0. The molecule has 3 heteroatoms. The lowest BCUT2D eigenvalue weighted by Crippen LogP contribution is -2.50. The monoisotopic (exact) mass is 194 g/mol. The molecular formula is C11H18N2O. The van der Waals surface area contributed by atoms with Gasteiger partial charge in [0, 0.05) is 6.42 Å². The number of methoxy groups -OCH3 is 1. The van der Waals surface area contributed by atoms with Gasteiger partial charge in [-0.05, 0) is 31.7 Å². The summed E-state index contributed by atoms with van der Waals surface area (Å²) in [5.74, 6) is 0.872. The van der Waals surface area contributed by atoms with Gasteiger partial charge in [-0.25, -0.2) is 0 Å². The molecule has 0 aliphatic rings. The van der Waals surface area contributed by atoms with E-state index in [1.807, 2.05) is 38.2 Å². The quantitative estimate of drug-likeness (QED) is 0.706. The minimum atomic E-state index is -0.353. The highest BCUT2D eigenvalue weighted by molar-refractivity contribution is 5.28. The Morgan fingerprint density at radius 3 is 2.36 bits per heavy atom. The molecule has 1 aromatic carbocycles. The molecule has 0 saturated heterocycles. The van der Waals surface area contributed by atoms with E-state index in [0.29, 0.717) is 0 Å². The lowest BCUT2D eigenvalue weighted by molar-refractivity contribution is 0.396. The van der Waals surface area contributed by atoms with Gasteiger partial charge in [-0.3, -0.25) is 0 Å². The third kappa shape index (κ3) is 3.01. The standard InChI is InChI=1S/C11H18N2O/c1-11(12,13-2)8-9-4-6-10(14-3)7-5-9/h4-7,13H,8,12H2,1-3H3. The summed E-state index contributed by atoms with van der Waals surface area (Å²) < 4.78 is 5.08. The summed E-state index contributed by atoms with van der Waals surface area (Å²) in [6, 6.07) is 7.95. The van der Waals surface area contributed by atoms with E-state index in [4.69, 9.17) is 10.5 Å². The highest BCUT2D eigenvalue weighted by atomic mass is 16.5. The minimum absolute atomic E-state index is 0.353. The number of hydrogen-bond donors (Lipinski definition) is 2. The molecule has 0 aromatic heterocycles. The fourth-order valence-corrected chi connectivity index (χ4v) is 1.26. The number of rotatable bonds is 4. The first-order valence-electron chi connectivity index (χ1n) is 4.68. The maximum absolute atomic E-state index is 5.98. The van der Waals surface area contributed by atoms with Gasteiger partial charge in [0.2, 0.25) is 0 Å². The van der Waals surface area contributed by atoms with Crippen LogP contribution in [0.15, 0.2) is 24.3 Å². The second-order valence-electron chi connectivity index (χ2n) is 3.69. The van der Waals surface area contributed by atoms with Crippen molar-refractivity contribution in [3.05, 3.63) is 29.8 Å². The summed E-state index contributed by atoms with van der Waals surface area (Å²) in [6.45, 7) is 1.97. The van der Waals surface area contributed by atoms with E-state index in [-0.39, 0.29) is 5.66 Å². The van der Waals surface area contributed by atoms with Gasteiger partial charge in [0.15, 0.2) is 0 Å². The van der Waals surface area contributed by atoms with E-state index < -0.39 is 0 Å². The average molecular weight is 194 g/mol. The molecule has 14 heavy (non-hydrogen) atoms. The lowest BCUT2D eigenvalue weighted by Gasteiger charge is -2.23. The molecule has 0 aliphatic carbocycles. The zero-order valence-corrected chi connectivity index (χ0v) is 9.00. The highest BCUT2D eigenvalue weighted by Gasteiger charge is 2.15. The highest BCUT2D eigenvalue weighted by Crippen LogP contribution is 2.14. The molecule has 1 rings (SSSR count). The van der Waals surface area contributed by atoms with Crippen LogP contribution in [0.25, 0.3) is 0 Å². The van der Waals surface area contributed by atoms with Gasteiger partial charge in [0.05, 0.1) is 12.8 Å². The molecule has 0 bridgehead atoms. The van der Waals surface area contributed by atoms with Crippen LogP contribution in [0, 0.1) is 0 Å². The van der Waals surface area contributed by atoms with Crippen molar-refractivity contribution in [2.45, 2.75) is 19.0 Å². The molecule has 3 nitrogen and oxygen atoms in total. The summed E-state index contributed by atoms with van der Waals surface area (Å²) in [7, 11) is 3.53. The number of hydrogen-bond acceptors (Lipinski definition) is 3. The Balaban J connectivity index is 2.69. The first-order chi connectivity index (χ1) is 6.57. The van der Waals surface area contributed by atoms with Crippen LogP contribution in [0.5, 0.6) is 5.75 Å². The van der Waals surface area contributed by atoms with Crippen LogP contribution < -0.4 is 15.8 Å². The first-order valence-corrected chi connectivity index (χ1v) is 4.68. The van der Waals surface area contributed by atoms with Crippen molar-refractivity contribution < 1.29 is 4.74 Å². The van der Waals surface area contributed by atoms with Crippen molar-refractivity contribution in [3.8, 4) is 5.75 Å². The smallest absolute Gasteiger partial charge is 0.118 e. The van der Waals surface area contributed by atoms with Gasteiger partial charge in [-0.1, -0.05) is 12.1 Å². The van der Waals surface area contributed by atoms with Crippen LogP contribution >= 0.6 is 0 Å². The van der Waals surface area contributed by atoms with Crippen molar-refractivity contribution in [2.24, 2.45) is 5.73 Å². The second kappa shape index (κ2) is 4.44. The van der Waals surface area contributed by atoms with E-state index in [9.17, 15) is 0 Å². The maximum atomic E-state index is 5.98. The SMILES string of the molecule is CNC(C)(N)Cc1ccc(OC)cc1. The summed E-state index contributed by atoms with van der Waals surface area (Å²) in [5, 5.41) is 3.06. The molecule has 0 fully saturated rings. The zero-order chi connectivity index (χ0) is 10.6. The number of nitrogens with two attached hydrogens (primary N) is 1. The van der Waals surface area contributed by atoms with Crippen molar-refractivity contribution in [3.63, 3.8) is 0 Å². The fraction of sp³-hybridized carbons (Fsp3) is 0.455. The third-order valence-electron chi connectivity index (χ3n) is 2.30. The van der Waals surface area contributed by atoms with Gasteiger partial charge in [-0.2, -0.15) is 0 Å². The van der Waals surface area contributed by atoms with Gasteiger partial charge < -0.3 is 15.8 Å². The Bertz CT molecular complexity index is 280. The Morgan fingerprint density at radius 2 is 1.93 bits per heavy atom. The molecule has 1 aromatic rings. The summed E-state index contributed by atoms with van der Waals surface area (Å²) in [5.41, 5.74) is 6.82. The van der Waals surface area contributed by atoms with Gasteiger partial charge in [0.1, 0.15) is 5.75 Å². The van der Waals surface area contributed by atoms with Crippen LogP contribution in [0.2, 0.25) is 0 Å². The Kier molecular flexibility index (Phi) is 3.49. The van der Waals surface area contributed by atoms with Gasteiger partial charge in [-0.15, -0.1) is 0 Å². The van der Waals surface area contributed by atoms with E-state index in [1.165, 1.54) is 5.56 Å². The molecule has 0 radical (unpaired) electrons. The van der Waals surface area contributed by atoms with Crippen LogP contribution in [-0.4, -0.2) is 19.8 Å². The second-order valence-corrected chi connectivity index (χ2v) is 3.69. The Hall–Kier alpha value is -1.06. The Labute approximate surface area is 85.3 Å². The van der Waals surface area contributed by atoms with E-state index in [2.05, 4.69) is 5.32 Å². The molecule has 1 atom stereocenters. The van der Waals surface area contributed by atoms with E-state index in [1.54, 1.807) is 7.11 Å². The summed E-state index contributed by atoms with van der Waals surface area (Å²) in [4.78, 5) is 0. The molecule has 3 N–H and O–H groups in total. The van der Waals surface area contributed by atoms with Gasteiger partial charge >= 0.3 is 0 Å². The largest absolute Gasteiger partial charge is 0.497 e. The summed E-state index contributed by atoms with van der Waals surface area (Å²) in [6.07, 6.45) is 0.799. The number of ether oxygens (including phenoxy) is 1. The van der Waals surface area contributed by atoms with Crippen molar-refractivity contribution >= 4 is 0 Å². The van der Waals surface area contributed by atoms with Crippen LogP contribution in [0.1, 0.15) is 12.5 Å². The van der Waals surface area contributed by atoms with Crippen LogP contribution in [0.4, 0.5) is 0 Å². The minimum Gasteiger partial charge on any atom is -0.497 e. The Morgan fingerprint density at radius 1 is 1.36 bits per heavy atom. The number of benzene rings is 1. The zero-order valence-electron chi connectivity index (χ0n) is 9.00. The van der Waals surface area contributed by atoms with E-state index >= 15 is 0 Å². The van der Waals surface area contributed by atoms with E-state index in [0.717, 1.165) is 12.2 Å². The lowest BCUT2D eigenvalue weighted by atomic mass is 10.0. The average Bonchev–Trinajstić information content (AvgIpc) is 2.19. The third-order valence-corrected chi connectivity index (χ3v) is 2.30. The topological polar surface area (TPSA) is 47.3 Å². The molecule has 78 valence electrons. The van der Waals surface area contributed by atoms with Crippen LogP contribution in [-0.2, 0) is 6.42 Å². The van der Waals surface area contributed by atoms with Crippen molar-refractivity contribution in [2.75, 3.05) is 14.2 Å². The molecule has 0 aliphatic heterocycles. The maximum Gasteiger partial charge on any atom is 0.118 e. The molecule has 0 saturated carbocycles. The molecule has 0 amide bonds. The van der Waals surface area contributed by atoms with Crippen molar-refractivity contribution in [1.82, 2.24) is 5.32 Å². The fourth-order valence-electron chi connectivity index (χ4n) is 1.26. The normalized spacial score (nSPS) is 14.9.